The zero-order valence-electron chi connectivity index (χ0n) is 18.5. The van der Waals surface area contributed by atoms with Crippen LogP contribution in [0.25, 0.3) is 16.8 Å². The number of hydrazine groups is 1. The molecular weight excluding hydrogens is 428 g/mol. The summed E-state index contributed by atoms with van der Waals surface area (Å²) >= 11 is 0. The Hall–Kier alpha value is -4.39. The van der Waals surface area contributed by atoms with Crippen molar-refractivity contribution in [2.75, 3.05) is 6.61 Å². The Morgan fingerprint density at radius 1 is 0.853 bits per heavy atom. The minimum atomic E-state index is -0.463. The van der Waals surface area contributed by atoms with Crippen LogP contribution in [0.4, 0.5) is 0 Å². The lowest BCUT2D eigenvalue weighted by molar-refractivity contribution is -0.123. The van der Waals surface area contributed by atoms with Gasteiger partial charge in [-0.3, -0.25) is 20.4 Å². The lowest BCUT2D eigenvalue weighted by Gasteiger charge is -2.12. The van der Waals surface area contributed by atoms with E-state index in [0.717, 1.165) is 47.3 Å². The molecule has 0 atom stereocenters. The molecule has 1 aliphatic carbocycles. The number of benzene rings is 3. The van der Waals surface area contributed by atoms with Crippen LogP contribution in [0.15, 0.2) is 84.9 Å². The van der Waals surface area contributed by atoms with Gasteiger partial charge in [-0.1, -0.05) is 66.7 Å². The third-order valence-electron chi connectivity index (χ3n) is 5.79. The predicted octanol–water partition coefficient (Wildman–Crippen LogP) is 3.87. The molecule has 0 saturated heterocycles. The van der Waals surface area contributed by atoms with Crippen molar-refractivity contribution < 1.29 is 14.3 Å². The van der Waals surface area contributed by atoms with Crippen LogP contribution in [-0.4, -0.2) is 28.2 Å². The van der Waals surface area contributed by atoms with Crippen LogP contribution in [0.2, 0.25) is 0 Å². The Bertz CT molecular complexity index is 1320. The highest BCUT2D eigenvalue weighted by molar-refractivity contribution is 5.95. The van der Waals surface area contributed by atoms with Crippen LogP contribution >= 0.6 is 0 Å². The van der Waals surface area contributed by atoms with Gasteiger partial charge in [0.1, 0.15) is 5.75 Å². The summed E-state index contributed by atoms with van der Waals surface area (Å²) in [5.74, 6) is -0.309. The third kappa shape index (κ3) is 4.41. The van der Waals surface area contributed by atoms with Crippen LogP contribution < -0.4 is 15.6 Å². The highest BCUT2D eigenvalue weighted by Crippen LogP contribution is 2.29. The number of carbonyl (C=O) groups excluding carboxylic acids is 2. The van der Waals surface area contributed by atoms with Gasteiger partial charge in [0.2, 0.25) is 0 Å². The van der Waals surface area contributed by atoms with E-state index in [1.165, 1.54) is 0 Å². The number of ether oxygens (including phenoxy) is 1. The van der Waals surface area contributed by atoms with Crippen molar-refractivity contribution in [1.29, 1.82) is 0 Å². The second-order valence-corrected chi connectivity index (χ2v) is 8.03. The summed E-state index contributed by atoms with van der Waals surface area (Å²) in [7, 11) is 0. The Kier molecular flexibility index (Phi) is 6.07. The molecule has 2 amide bonds. The molecule has 1 heterocycles. The van der Waals surface area contributed by atoms with Crippen LogP contribution in [0.5, 0.6) is 5.75 Å². The monoisotopic (exact) mass is 452 g/mol. The summed E-state index contributed by atoms with van der Waals surface area (Å²) in [5, 5.41) is 4.54. The summed E-state index contributed by atoms with van der Waals surface area (Å²) in [6, 6.07) is 27.1. The Morgan fingerprint density at radius 2 is 1.56 bits per heavy atom. The van der Waals surface area contributed by atoms with Gasteiger partial charge in [0.05, 0.1) is 5.69 Å². The van der Waals surface area contributed by atoms with Crippen molar-refractivity contribution in [2.45, 2.75) is 19.3 Å². The fourth-order valence-electron chi connectivity index (χ4n) is 4.22. The summed E-state index contributed by atoms with van der Waals surface area (Å²) in [5.41, 5.74) is 10.0. The first-order valence-corrected chi connectivity index (χ1v) is 11.2. The molecule has 170 valence electrons. The minimum Gasteiger partial charge on any atom is -0.483 e. The van der Waals surface area contributed by atoms with Crippen molar-refractivity contribution in [3.63, 3.8) is 0 Å². The number of aromatic nitrogens is 2. The van der Waals surface area contributed by atoms with Gasteiger partial charge in [0.15, 0.2) is 12.3 Å². The maximum Gasteiger partial charge on any atom is 0.290 e. The fraction of sp³-hybridized carbons (Fsp3) is 0.148. The average Bonchev–Trinajstić information content (AvgIpc) is 3.50. The zero-order chi connectivity index (χ0) is 23.3. The number of hydrogen-bond acceptors (Lipinski definition) is 4. The Balaban J connectivity index is 1.23. The molecule has 5 rings (SSSR count). The van der Waals surface area contributed by atoms with Gasteiger partial charge in [-0.05, 0) is 43.0 Å². The van der Waals surface area contributed by atoms with E-state index in [0.29, 0.717) is 11.4 Å². The van der Waals surface area contributed by atoms with Gasteiger partial charge in [-0.2, -0.15) is 5.10 Å². The normalized spacial score (nSPS) is 12.1. The third-order valence-corrected chi connectivity index (χ3v) is 5.79. The van der Waals surface area contributed by atoms with Crippen molar-refractivity contribution in [2.24, 2.45) is 0 Å². The zero-order valence-corrected chi connectivity index (χ0v) is 18.5. The molecule has 0 fully saturated rings. The summed E-state index contributed by atoms with van der Waals surface area (Å²) < 4.78 is 7.57. The molecule has 0 spiro atoms. The van der Waals surface area contributed by atoms with E-state index in [1.807, 2.05) is 89.6 Å². The molecule has 0 saturated carbocycles. The lowest BCUT2D eigenvalue weighted by Crippen LogP contribution is -2.44. The van der Waals surface area contributed by atoms with Gasteiger partial charge in [0, 0.05) is 16.8 Å². The van der Waals surface area contributed by atoms with Crippen molar-refractivity contribution in [1.82, 2.24) is 20.6 Å². The number of carbonyl (C=O) groups is 2. The Labute approximate surface area is 197 Å². The molecule has 7 nitrogen and oxygen atoms in total. The van der Waals surface area contributed by atoms with Crippen LogP contribution in [0.1, 0.15) is 28.2 Å². The fourth-order valence-corrected chi connectivity index (χ4v) is 4.22. The number of fused-ring (bicyclic) bond motifs is 1. The van der Waals surface area contributed by atoms with E-state index in [4.69, 9.17) is 4.74 Å². The highest BCUT2D eigenvalue weighted by atomic mass is 16.5. The average molecular weight is 453 g/mol. The number of para-hydroxylation sites is 2. The molecule has 34 heavy (non-hydrogen) atoms. The van der Waals surface area contributed by atoms with Crippen LogP contribution in [-0.2, 0) is 17.6 Å². The number of nitrogens with one attached hydrogen (secondary N) is 2. The predicted molar refractivity (Wildman–Crippen MR) is 129 cm³/mol. The number of amides is 2. The van der Waals surface area contributed by atoms with E-state index in [1.54, 1.807) is 0 Å². The molecule has 7 heteroatoms. The number of rotatable bonds is 6. The van der Waals surface area contributed by atoms with E-state index < -0.39 is 11.8 Å². The smallest absolute Gasteiger partial charge is 0.290 e. The molecule has 1 aliphatic rings. The molecule has 2 N–H and O–H groups in total. The molecular formula is C27H24N4O3. The first-order valence-electron chi connectivity index (χ1n) is 11.2. The van der Waals surface area contributed by atoms with Gasteiger partial charge >= 0.3 is 0 Å². The summed E-state index contributed by atoms with van der Waals surface area (Å²) in [4.78, 5) is 25.2. The van der Waals surface area contributed by atoms with Crippen LogP contribution in [0.3, 0.4) is 0 Å². The van der Waals surface area contributed by atoms with Crippen molar-refractivity contribution in [3.8, 4) is 22.6 Å². The first kappa shape index (κ1) is 21.5. The summed E-state index contributed by atoms with van der Waals surface area (Å²) in [6.45, 7) is -0.235. The SMILES string of the molecule is O=C(COc1ccccc1-c1ccccc1)NNC(=O)c1nn(-c2ccccc2)c2c1CCC2. The quantitative estimate of drug-likeness (QED) is 0.435. The van der Waals surface area contributed by atoms with Crippen molar-refractivity contribution in [3.05, 3.63) is 102 Å². The molecule has 3 aromatic carbocycles. The number of nitrogens with zero attached hydrogens (tertiary/aromatic N) is 2. The second-order valence-electron chi connectivity index (χ2n) is 8.03. The first-order chi connectivity index (χ1) is 16.7. The summed E-state index contributed by atoms with van der Waals surface area (Å²) in [6.07, 6.45) is 2.63. The topological polar surface area (TPSA) is 85.2 Å². The molecule has 0 radical (unpaired) electrons. The highest BCUT2D eigenvalue weighted by Gasteiger charge is 2.27. The standard InChI is InChI=1S/C27H24N4O3/c32-25(18-34-24-17-8-7-14-21(24)19-10-3-1-4-11-19)28-29-27(33)26-22-15-9-16-23(22)31(30-26)20-12-5-2-6-13-20/h1-8,10-14,17H,9,15-16,18H2,(H,28,32)(H,29,33). The molecule has 0 unspecified atom stereocenters. The van der Waals surface area contributed by atoms with Gasteiger partial charge in [-0.25, -0.2) is 4.68 Å². The van der Waals surface area contributed by atoms with Gasteiger partial charge in [0.25, 0.3) is 11.8 Å². The van der Waals surface area contributed by atoms with E-state index >= 15 is 0 Å². The minimum absolute atomic E-state index is 0.235. The van der Waals surface area contributed by atoms with E-state index in [2.05, 4.69) is 16.0 Å². The molecule has 0 aliphatic heterocycles. The second kappa shape index (κ2) is 9.62. The largest absolute Gasteiger partial charge is 0.483 e. The molecule has 1 aromatic heterocycles. The maximum atomic E-state index is 12.8. The van der Waals surface area contributed by atoms with E-state index in [9.17, 15) is 9.59 Å². The Morgan fingerprint density at radius 3 is 2.35 bits per heavy atom. The molecule has 0 bridgehead atoms. The van der Waals surface area contributed by atoms with E-state index in [-0.39, 0.29) is 6.61 Å². The lowest BCUT2D eigenvalue weighted by atomic mass is 10.1. The van der Waals surface area contributed by atoms with Gasteiger partial charge in [-0.15, -0.1) is 0 Å². The maximum absolute atomic E-state index is 12.8. The van der Waals surface area contributed by atoms with Crippen molar-refractivity contribution >= 4 is 11.8 Å². The molecule has 4 aromatic rings. The number of hydrogen-bond donors (Lipinski definition) is 2. The van der Waals surface area contributed by atoms with Crippen LogP contribution in [0, 0.1) is 0 Å². The van der Waals surface area contributed by atoms with Gasteiger partial charge < -0.3 is 4.74 Å².